The lowest BCUT2D eigenvalue weighted by Crippen LogP contribution is -2.33. The molecule has 2 aromatic heterocycles. The van der Waals surface area contributed by atoms with Crippen LogP contribution < -0.4 is 4.90 Å². The van der Waals surface area contributed by atoms with Crippen LogP contribution in [0.25, 0.3) is 5.82 Å². The fraction of sp³-hybridized carbons (Fsp3) is 0.333. The van der Waals surface area contributed by atoms with E-state index < -0.39 is 0 Å². The van der Waals surface area contributed by atoms with Crippen molar-refractivity contribution in [1.29, 1.82) is 0 Å². The lowest BCUT2D eigenvalue weighted by molar-refractivity contribution is 0.0782. The number of anilines is 1. The van der Waals surface area contributed by atoms with Gasteiger partial charge in [0.2, 0.25) is 0 Å². The van der Waals surface area contributed by atoms with E-state index in [-0.39, 0.29) is 5.91 Å². The Bertz CT molecular complexity index is 1010. The van der Waals surface area contributed by atoms with E-state index in [0.29, 0.717) is 11.8 Å². The molecule has 1 aromatic carbocycles. The van der Waals surface area contributed by atoms with E-state index in [2.05, 4.69) is 49.7 Å². The number of carbonyl (C=O) groups excluding carboxylic acids is 1. The van der Waals surface area contributed by atoms with Crippen LogP contribution in [0.2, 0.25) is 0 Å². The van der Waals surface area contributed by atoms with Gasteiger partial charge in [-0.15, -0.1) is 0 Å². The first-order valence-electron chi connectivity index (χ1n) is 10.3. The summed E-state index contributed by atoms with van der Waals surface area (Å²) in [5.74, 6) is 2.12. The van der Waals surface area contributed by atoms with E-state index in [4.69, 9.17) is 0 Å². The van der Waals surface area contributed by atoms with Gasteiger partial charge >= 0.3 is 0 Å². The summed E-state index contributed by atoms with van der Waals surface area (Å²) in [4.78, 5) is 22.3. The minimum Gasteiger partial charge on any atom is -0.371 e. The van der Waals surface area contributed by atoms with Crippen LogP contribution in [-0.2, 0) is 0 Å². The number of rotatable bonds is 3. The van der Waals surface area contributed by atoms with E-state index in [1.54, 1.807) is 6.20 Å². The van der Waals surface area contributed by atoms with E-state index in [9.17, 15) is 4.79 Å². The summed E-state index contributed by atoms with van der Waals surface area (Å²) >= 11 is 0. The van der Waals surface area contributed by atoms with Gasteiger partial charge in [-0.1, -0.05) is 24.3 Å². The third kappa shape index (κ3) is 3.11. The number of pyridine rings is 1. The highest BCUT2D eigenvalue weighted by Gasteiger charge is 2.42. The molecule has 2 fully saturated rings. The van der Waals surface area contributed by atoms with Crippen molar-refractivity contribution in [1.82, 2.24) is 14.5 Å². The molecule has 0 saturated carbocycles. The Kier molecular flexibility index (Phi) is 4.38. The molecule has 2 unspecified atom stereocenters. The number of nitrogens with zero attached hydrogens (tertiary/aromatic N) is 4. The largest absolute Gasteiger partial charge is 0.371 e. The van der Waals surface area contributed by atoms with Crippen molar-refractivity contribution >= 4 is 11.6 Å². The molecule has 29 heavy (non-hydrogen) atoms. The monoisotopic (exact) mass is 386 g/mol. The molecule has 5 nitrogen and oxygen atoms in total. The highest BCUT2D eigenvalue weighted by atomic mass is 16.2. The van der Waals surface area contributed by atoms with Gasteiger partial charge in [-0.3, -0.25) is 4.79 Å². The number of hydrogen-bond acceptors (Lipinski definition) is 3. The number of benzene rings is 1. The molecule has 5 rings (SSSR count). The van der Waals surface area contributed by atoms with Gasteiger partial charge in [-0.25, -0.2) is 4.98 Å². The topological polar surface area (TPSA) is 41.4 Å². The van der Waals surface area contributed by atoms with Crippen LogP contribution in [0.4, 0.5) is 5.69 Å². The zero-order valence-corrected chi connectivity index (χ0v) is 17.0. The highest BCUT2D eigenvalue weighted by molar-refractivity contribution is 5.96. The molecule has 148 valence electrons. The summed E-state index contributed by atoms with van der Waals surface area (Å²) in [6.45, 7) is 7.81. The summed E-state index contributed by atoms with van der Waals surface area (Å²) in [6.07, 6.45) is 1.79. The maximum Gasteiger partial charge on any atom is 0.255 e. The van der Waals surface area contributed by atoms with Gasteiger partial charge in [0.05, 0.1) is 5.56 Å². The van der Waals surface area contributed by atoms with Gasteiger partial charge in [0.15, 0.2) is 0 Å². The third-order valence-electron chi connectivity index (χ3n) is 6.43. The Hall–Kier alpha value is -3.08. The zero-order valence-electron chi connectivity index (χ0n) is 17.0. The maximum absolute atomic E-state index is 13.3. The molecule has 2 atom stereocenters. The number of likely N-dealkylation sites (tertiary alicyclic amines) is 1. The Morgan fingerprint density at radius 2 is 1.62 bits per heavy atom. The number of fused-ring (bicyclic) bond motifs is 1. The van der Waals surface area contributed by atoms with Crippen molar-refractivity contribution in [2.24, 2.45) is 11.8 Å². The highest BCUT2D eigenvalue weighted by Crippen LogP contribution is 2.35. The minimum absolute atomic E-state index is 0.154. The maximum atomic E-state index is 13.3. The smallest absolute Gasteiger partial charge is 0.255 e. The van der Waals surface area contributed by atoms with Gasteiger partial charge in [0.25, 0.3) is 5.91 Å². The van der Waals surface area contributed by atoms with Gasteiger partial charge in [0.1, 0.15) is 5.82 Å². The predicted octanol–water partition coefficient (Wildman–Crippen LogP) is 3.70. The number of carbonyl (C=O) groups is 1. The van der Waals surface area contributed by atoms with E-state index in [1.165, 1.54) is 5.69 Å². The van der Waals surface area contributed by atoms with Crippen molar-refractivity contribution in [2.45, 2.75) is 13.8 Å². The average molecular weight is 386 g/mol. The summed E-state index contributed by atoms with van der Waals surface area (Å²) in [6, 6.07) is 18.5. The lowest BCUT2D eigenvalue weighted by Gasteiger charge is -2.23. The third-order valence-corrected chi connectivity index (χ3v) is 6.43. The Balaban J connectivity index is 1.32. The van der Waals surface area contributed by atoms with Crippen LogP contribution in [0.1, 0.15) is 21.7 Å². The van der Waals surface area contributed by atoms with E-state index in [1.807, 2.05) is 38.1 Å². The first kappa shape index (κ1) is 18.0. The number of hydrogen-bond donors (Lipinski definition) is 0. The first-order chi connectivity index (χ1) is 14.1. The molecule has 0 radical (unpaired) electrons. The molecule has 0 spiro atoms. The molecule has 2 saturated heterocycles. The van der Waals surface area contributed by atoms with Crippen molar-refractivity contribution in [3.05, 3.63) is 77.7 Å². The van der Waals surface area contributed by atoms with Gasteiger partial charge in [0, 0.05) is 61.3 Å². The number of amides is 1. The number of para-hydroxylation sites is 1. The standard InChI is InChI=1S/C24H26N4O/c1-17-12-22(18(2)28(17)23-10-6-7-11-25-23)24(29)27-15-19-13-26(14-20(19)16-27)21-8-4-3-5-9-21/h3-12,19-20H,13-16H2,1-2H3. The van der Waals surface area contributed by atoms with E-state index >= 15 is 0 Å². The molecular weight excluding hydrogens is 360 g/mol. The van der Waals surface area contributed by atoms with Crippen LogP contribution in [0.15, 0.2) is 60.8 Å². The molecule has 2 aliphatic rings. The van der Waals surface area contributed by atoms with E-state index in [0.717, 1.165) is 48.9 Å². The zero-order chi connectivity index (χ0) is 20.0. The molecule has 2 aliphatic heterocycles. The van der Waals surface area contributed by atoms with Crippen LogP contribution in [-0.4, -0.2) is 46.5 Å². The van der Waals surface area contributed by atoms with Crippen LogP contribution >= 0.6 is 0 Å². The van der Waals surface area contributed by atoms with Crippen LogP contribution in [0.3, 0.4) is 0 Å². The second kappa shape index (κ2) is 7.07. The SMILES string of the molecule is Cc1cc(C(=O)N2CC3CN(c4ccccc4)CC3C2)c(C)n1-c1ccccn1. The van der Waals surface area contributed by atoms with Gasteiger partial charge in [-0.2, -0.15) is 0 Å². The van der Waals surface area contributed by atoms with Gasteiger partial charge in [-0.05, 0) is 44.2 Å². The summed E-state index contributed by atoms with van der Waals surface area (Å²) in [7, 11) is 0. The minimum atomic E-state index is 0.154. The van der Waals surface area contributed by atoms with Gasteiger partial charge < -0.3 is 14.4 Å². The Labute approximate surface area is 171 Å². The predicted molar refractivity (Wildman–Crippen MR) is 115 cm³/mol. The summed E-state index contributed by atoms with van der Waals surface area (Å²) in [5.41, 5.74) is 4.10. The average Bonchev–Trinajstić information content (AvgIpc) is 3.40. The van der Waals surface area contributed by atoms with Crippen LogP contribution in [0, 0.1) is 25.7 Å². The fourth-order valence-electron chi connectivity index (χ4n) is 5.00. The molecule has 0 N–H and O–H groups in total. The van der Waals surface area contributed by atoms with Crippen molar-refractivity contribution < 1.29 is 4.79 Å². The molecule has 1 amide bonds. The second-order valence-electron chi connectivity index (χ2n) is 8.28. The molecule has 0 bridgehead atoms. The Morgan fingerprint density at radius 3 is 2.28 bits per heavy atom. The van der Waals surface area contributed by atoms with Crippen molar-refractivity contribution in [2.75, 3.05) is 31.1 Å². The first-order valence-corrected chi connectivity index (χ1v) is 10.3. The summed E-state index contributed by atoms with van der Waals surface area (Å²) < 4.78 is 2.07. The van der Waals surface area contributed by atoms with Crippen LogP contribution in [0.5, 0.6) is 0 Å². The number of aryl methyl sites for hydroxylation is 1. The molecule has 0 aliphatic carbocycles. The quantitative estimate of drug-likeness (QED) is 0.689. The lowest BCUT2D eigenvalue weighted by atomic mass is 10.0. The summed E-state index contributed by atoms with van der Waals surface area (Å²) in [5, 5.41) is 0. The fourth-order valence-corrected chi connectivity index (χ4v) is 5.00. The molecule has 3 aromatic rings. The molecule has 5 heteroatoms. The molecule has 4 heterocycles. The second-order valence-corrected chi connectivity index (χ2v) is 8.28. The van der Waals surface area contributed by atoms with Crippen molar-refractivity contribution in [3.63, 3.8) is 0 Å². The Morgan fingerprint density at radius 1 is 0.931 bits per heavy atom. The van der Waals surface area contributed by atoms with Crippen molar-refractivity contribution in [3.8, 4) is 5.82 Å². The number of aromatic nitrogens is 2. The molecular formula is C24H26N4O. The normalized spacial score (nSPS) is 20.9.